The van der Waals surface area contributed by atoms with E-state index in [1.165, 1.54) is 47.9 Å². The lowest BCUT2D eigenvalue weighted by molar-refractivity contribution is -0.171. The van der Waals surface area contributed by atoms with Crippen molar-refractivity contribution in [2.24, 2.45) is 17.4 Å². The number of nitrogens with two attached hydrogens (primary N) is 2. The van der Waals surface area contributed by atoms with Gasteiger partial charge in [-0.2, -0.15) is 8.78 Å². The normalized spacial score (nSPS) is 19.1. The number of halogens is 3. The number of nitrogens with one attached hydrogen (secondary N) is 7. The Morgan fingerprint density at radius 2 is 1.64 bits per heavy atom. The zero-order valence-electron chi connectivity index (χ0n) is 53.0. The fraction of sp³-hybridized carbons (Fsp3) is 0.532. The molecule has 3 aliphatic heterocycles. The fourth-order valence-corrected chi connectivity index (χ4v) is 13.2. The molecule has 0 spiro atoms. The topological polar surface area (TPSA) is 402 Å². The van der Waals surface area contributed by atoms with Crippen molar-refractivity contribution in [1.82, 2.24) is 46.4 Å². The Labute approximate surface area is 538 Å². The number of carbonyl (C=O) groups excluding carboxylic acids is 9. The Morgan fingerprint density at radius 3 is 2.31 bits per heavy atom. The molecule has 1 aliphatic carbocycles. The highest BCUT2D eigenvalue weighted by molar-refractivity contribution is 7.47. The molecule has 94 heavy (non-hydrogen) atoms. The van der Waals surface area contributed by atoms with Crippen LogP contribution in [-0.2, 0) is 93.2 Å². The van der Waals surface area contributed by atoms with Gasteiger partial charge in [-0.25, -0.2) is 23.5 Å². The molecule has 7 amide bonds. The number of phosphoric ester groups is 1. The van der Waals surface area contributed by atoms with Crippen molar-refractivity contribution in [3.63, 3.8) is 0 Å². The number of rotatable bonds is 31. The van der Waals surface area contributed by atoms with E-state index in [-0.39, 0.29) is 97.5 Å². The predicted molar refractivity (Wildman–Crippen MR) is 332 cm³/mol. The second kappa shape index (κ2) is 30.9. The third kappa shape index (κ3) is 17.0. The lowest BCUT2D eigenvalue weighted by Crippen LogP contribution is -2.56. The van der Waals surface area contributed by atoms with Gasteiger partial charge in [0.2, 0.25) is 29.2 Å². The summed E-state index contributed by atoms with van der Waals surface area (Å²) < 4.78 is 79.7. The molecule has 1 unspecified atom stereocenters. The number of fused-ring (bicyclic) bond motifs is 5. The van der Waals surface area contributed by atoms with Crippen molar-refractivity contribution in [2.45, 2.75) is 166 Å². The predicted octanol–water partition coefficient (Wildman–Crippen LogP) is 3.05. The molecule has 4 aliphatic rings. The number of carbonyl (C=O) groups is 9. The molecule has 0 saturated carbocycles. The molecule has 2 aromatic heterocycles. The summed E-state index contributed by atoms with van der Waals surface area (Å²) >= 11 is 0. The standard InChI is InChI=1S/C62H80F3N12O16P/c1-7-62(39-24-46-53-37(28-77(46)59(85)38(39)30-91-60(62)86)51-42(73-58(84)54(64)65)18-17-36-32(4)40(63)25-45(72-53)50(36)51)93-94(88,89)92-29-33-13-15-34(16-14-33)71-56(82)43(12-10-20-68-61(67)87)74-57(83)52(31(2)3)69-27-47(78)44(26-48(79)70-35-19-22-90-49(80)23-35)75-55(81)41(66)11-8-9-21-76(5)6/h13-16,24-25,31,35,41-44,52,54,69H,7-12,17-23,26-30,66H2,1-6H3,(H,70,79)(H,71,82)(H,73,84)(H,74,83)(H,75,81)(H,88,89)(H3,67,68,87)/t35-,41-,42-,43-,44-,52-,62-/m0/s1. The van der Waals surface area contributed by atoms with Crippen LogP contribution in [0, 0.1) is 18.7 Å². The number of anilines is 1. The number of alkyl halides is 2. The van der Waals surface area contributed by atoms with E-state index in [0.717, 1.165) is 13.0 Å². The molecule has 32 heteroatoms. The van der Waals surface area contributed by atoms with Crippen LogP contribution in [0.1, 0.15) is 130 Å². The highest BCUT2D eigenvalue weighted by atomic mass is 31.2. The minimum Gasteiger partial charge on any atom is -0.466 e. The minimum atomic E-state index is -5.32. The Kier molecular flexibility index (Phi) is 23.6. The molecule has 5 heterocycles. The van der Waals surface area contributed by atoms with Crippen molar-refractivity contribution in [1.29, 1.82) is 0 Å². The monoisotopic (exact) mass is 1340 g/mol. The molecule has 12 N–H and O–H groups in total. The SMILES string of the molecule is CC[C@@]1(OP(=O)(O)OCc2ccc(NC(=O)[C@H](CCCNC(N)=O)NC(=O)[C@@H](NCC(=O)[C@H](CC(=O)N[C@H]3CCOC(=O)C3)NC(=O)[C@@H](N)CCCCN(C)C)C(C)C)cc2)C(=O)OCc2c1cc1n(c2=O)Cc2c-1nc1cc(F)c(C)c3c1c2[C@@H](NC(=O)C(F)F)CC3. The number of primary amides is 1. The van der Waals surface area contributed by atoms with Gasteiger partial charge in [-0.3, -0.25) is 52.7 Å². The lowest BCUT2D eigenvalue weighted by Gasteiger charge is -2.36. The largest absolute Gasteiger partial charge is 0.473 e. The molecule has 510 valence electrons. The number of ether oxygens (including phenoxy) is 2. The number of esters is 2. The summed E-state index contributed by atoms with van der Waals surface area (Å²) in [6, 6.07) is 1.06. The average Bonchev–Trinajstić information content (AvgIpc) is 1.46. The first-order valence-electron chi connectivity index (χ1n) is 31.0. The molecule has 8 rings (SSSR count). The number of aromatic nitrogens is 2. The molecule has 4 aromatic rings. The van der Waals surface area contributed by atoms with E-state index in [9.17, 15) is 66.2 Å². The smallest absolute Gasteiger partial charge is 0.466 e. The Hall–Kier alpha value is -8.19. The Balaban J connectivity index is 0.940. The van der Waals surface area contributed by atoms with Crippen LogP contribution >= 0.6 is 7.82 Å². The summed E-state index contributed by atoms with van der Waals surface area (Å²) in [6.45, 7) is 5.36. The van der Waals surface area contributed by atoms with Crippen LogP contribution in [-0.4, -0.2) is 150 Å². The maximum Gasteiger partial charge on any atom is 0.473 e. The van der Waals surface area contributed by atoms with Gasteiger partial charge >= 0.3 is 32.2 Å². The number of pyridine rings is 2. The molecular formula is C62H80F3N12O16P. The third-order valence-electron chi connectivity index (χ3n) is 17.1. The van der Waals surface area contributed by atoms with Gasteiger partial charge in [0.15, 0.2) is 5.78 Å². The van der Waals surface area contributed by atoms with Crippen molar-refractivity contribution in [3.8, 4) is 11.4 Å². The van der Waals surface area contributed by atoms with Crippen LogP contribution in [0.15, 0.2) is 41.2 Å². The van der Waals surface area contributed by atoms with E-state index < -0.39 is 153 Å². The van der Waals surface area contributed by atoms with Crippen LogP contribution in [0.25, 0.3) is 22.3 Å². The molecule has 0 radical (unpaired) electrons. The second-order valence-electron chi connectivity index (χ2n) is 24.4. The van der Waals surface area contributed by atoms with E-state index in [4.69, 9.17) is 35.0 Å². The number of amides is 7. The van der Waals surface area contributed by atoms with Gasteiger partial charge in [-0.1, -0.05) is 39.3 Å². The van der Waals surface area contributed by atoms with Crippen molar-refractivity contribution < 1.29 is 84.3 Å². The first kappa shape index (κ1) is 71.7. The van der Waals surface area contributed by atoms with Gasteiger partial charge in [-0.05, 0) is 119 Å². The lowest BCUT2D eigenvalue weighted by atomic mass is 9.81. The van der Waals surface area contributed by atoms with E-state index in [1.54, 1.807) is 20.8 Å². The van der Waals surface area contributed by atoms with Crippen LogP contribution in [0.3, 0.4) is 0 Å². The molecule has 2 aromatic carbocycles. The molecule has 1 saturated heterocycles. The number of Topliss-reactive ketones (excluding diaryl/α,β-unsaturated/α-hetero) is 1. The van der Waals surface area contributed by atoms with Crippen LogP contribution in [0.2, 0.25) is 0 Å². The number of phosphoric acid groups is 1. The zero-order valence-corrected chi connectivity index (χ0v) is 53.9. The van der Waals surface area contributed by atoms with Crippen LogP contribution in [0.4, 0.5) is 23.7 Å². The number of hydrogen-bond donors (Lipinski definition) is 10. The van der Waals surface area contributed by atoms with Crippen molar-refractivity contribution in [3.05, 3.63) is 91.5 Å². The van der Waals surface area contributed by atoms with Crippen molar-refractivity contribution >= 4 is 77.7 Å². The van der Waals surface area contributed by atoms with Crippen LogP contribution in [0.5, 0.6) is 0 Å². The third-order valence-corrected chi connectivity index (χ3v) is 18.1. The van der Waals surface area contributed by atoms with Gasteiger partial charge in [0, 0.05) is 47.3 Å². The maximum atomic E-state index is 15.5. The maximum absolute atomic E-state index is 15.5. The average molecular weight is 1340 g/mol. The molecule has 28 nitrogen and oxygen atoms in total. The summed E-state index contributed by atoms with van der Waals surface area (Å²) in [5, 5.41) is 18.9. The van der Waals surface area contributed by atoms with E-state index in [0.29, 0.717) is 46.9 Å². The fourth-order valence-electron chi connectivity index (χ4n) is 12.1. The molecule has 1 fully saturated rings. The molecule has 0 bridgehead atoms. The van der Waals surface area contributed by atoms with E-state index in [2.05, 4.69) is 37.2 Å². The van der Waals surface area contributed by atoms with Gasteiger partial charge in [-0.15, -0.1) is 0 Å². The molecular weight excluding hydrogens is 1260 g/mol. The van der Waals surface area contributed by atoms with Gasteiger partial charge in [0.05, 0.1) is 85.8 Å². The number of aryl methyl sites for hydroxylation is 1. The first-order chi connectivity index (χ1) is 44.5. The van der Waals surface area contributed by atoms with E-state index >= 15 is 4.39 Å². The summed E-state index contributed by atoms with van der Waals surface area (Å²) in [4.78, 5) is 151. The number of benzene rings is 2. The number of unbranched alkanes of at least 4 members (excludes halogenated alkanes) is 1. The molecule has 8 atom stereocenters. The summed E-state index contributed by atoms with van der Waals surface area (Å²) in [6.07, 6.45) is -1.84. The van der Waals surface area contributed by atoms with Gasteiger partial charge in [0.25, 0.3) is 11.5 Å². The number of urea groups is 1. The van der Waals surface area contributed by atoms with Gasteiger partial charge < -0.3 is 67.2 Å². The van der Waals surface area contributed by atoms with Gasteiger partial charge in [0.1, 0.15) is 18.5 Å². The second-order valence-corrected chi connectivity index (χ2v) is 25.8. The highest BCUT2D eigenvalue weighted by Crippen LogP contribution is 2.55. The number of cyclic esters (lactones) is 2. The number of ketones is 1. The van der Waals surface area contributed by atoms with Crippen molar-refractivity contribution in [2.75, 3.05) is 45.7 Å². The first-order valence-corrected chi connectivity index (χ1v) is 32.5. The quantitative estimate of drug-likeness (QED) is 0.0173. The summed E-state index contributed by atoms with van der Waals surface area (Å²) in [7, 11) is -1.50. The Bertz CT molecular complexity index is 3710. The summed E-state index contributed by atoms with van der Waals surface area (Å²) in [5.41, 5.74) is 10.4. The Morgan fingerprint density at radius 1 is 0.915 bits per heavy atom. The highest BCUT2D eigenvalue weighted by Gasteiger charge is 2.53. The number of nitrogens with zero attached hydrogens (tertiary/aromatic N) is 3. The van der Waals surface area contributed by atoms with E-state index in [1.807, 2.05) is 19.0 Å². The van der Waals surface area contributed by atoms with Crippen LogP contribution < -0.4 is 54.2 Å². The minimum absolute atomic E-state index is 0.0216. The zero-order chi connectivity index (χ0) is 68.5. The number of hydrogen-bond acceptors (Lipinski definition) is 19. The summed E-state index contributed by atoms with van der Waals surface area (Å²) in [5.74, 6) is -7.68.